The van der Waals surface area contributed by atoms with Gasteiger partial charge >= 0.3 is 0 Å². The van der Waals surface area contributed by atoms with Crippen LogP contribution in [0.1, 0.15) is 12.7 Å². The molecule has 0 saturated carbocycles. The molecule has 1 amide bonds. The Labute approximate surface area is 172 Å². The van der Waals surface area contributed by atoms with Crippen molar-refractivity contribution < 1.29 is 19.0 Å². The first kappa shape index (κ1) is 18.5. The van der Waals surface area contributed by atoms with E-state index < -0.39 is 6.10 Å². The van der Waals surface area contributed by atoms with Gasteiger partial charge in [-0.3, -0.25) is 4.79 Å². The van der Waals surface area contributed by atoms with E-state index in [-0.39, 0.29) is 12.7 Å². The average molecular weight is 410 g/mol. The van der Waals surface area contributed by atoms with Crippen LogP contribution in [-0.4, -0.2) is 69.7 Å². The van der Waals surface area contributed by atoms with Crippen molar-refractivity contribution in [2.24, 2.45) is 0 Å². The topological polar surface area (TPSA) is 94.3 Å². The van der Waals surface area contributed by atoms with Gasteiger partial charge in [-0.1, -0.05) is 0 Å². The van der Waals surface area contributed by atoms with Crippen molar-refractivity contribution in [1.29, 1.82) is 0 Å². The van der Waals surface area contributed by atoms with Gasteiger partial charge in [0.05, 0.1) is 0 Å². The molecule has 156 valence electrons. The van der Waals surface area contributed by atoms with Crippen LogP contribution in [-0.2, 0) is 4.79 Å². The van der Waals surface area contributed by atoms with Gasteiger partial charge in [0, 0.05) is 32.2 Å². The van der Waals surface area contributed by atoms with Gasteiger partial charge in [-0.15, -0.1) is 15.3 Å². The second-order valence-corrected chi connectivity index (χ2v) is 7.30. The smallest absolute Gasteiger partial charge is 0.263 e. The van der Waals surface area contributed by atoms with Gasteiger partial charge in [-0.25, -0.2) is 0 Å². The summed E-state index contributed by atoms with van der Waals surface area (Å²) in [4.78, 5) is 16.8. The molecule has 5 rings (SSSR count). The van der Waals surface area contributed by atoms with Gasteiger partial charge in [0.1, 0.15) is 11.6 Å². The molecule has 0 N–H and O–H groups in total. The molecule has 0 bridgehead atoms. The van der Waals surface area contributed by atoms with Gasteiger partial charge < -0.3 is 24.0 Å². The first-order valence-corrected chi connectivity index (χ1v) is 9.87. The summed E-state index contributed by atoms with van der Waals surface area (Å²) in [6.45, 7) is 6.45. The molecule has 10 nitrogen and oxygen atoms in total. The first-order valence-electron chi connectivity index (χ1n) is 9.87. The largest absolute Gasteiger partial charge is 0.481 e. The second-order valence-electron chi connectivity index (χ2n) is 7.30. The summed E-state index contributed by atoms with van der Waals surface area (Å²) in [5.41, 5.74) is 0.722. The van der Waals surface area contributed by atoms with E-state index in [9.17, 15) is 4.79 Å². The van der Waals surface area contributed by atoms with Crippen molar-refractivity contribution in [2.45, 2.75) is 20.0 Å². The standard InChI is InChI=1S/C20H22N6O4/c1-13(30-15-3-4-16-17(11-15)29-12-28-16)20(27)25-9-7-24(8-10-25)19-6-5-18-22-21-14(2)26(18)23-19/h3-6,11,13H,7-10,12H2,1-2H3/t13-/m1/s1. The number of fused-ring (bicyclic) bond motifs is 2. The summed E-state index contributed by atoms with van der Waals surface area (Å²) in [5, 5.41) is 12.7. The molecular formula is C20H22N6O4. The molecule has 3 aromatic rings. The van der Waals surface area contributed by atoms with Gasteiger partial charge in [0.2, 0.25) is 6.79 Å². The van der Waals surface area contributed by atoms with E-state index in [2.05, 4.69) is 20.2 Å². The number of carbonyl (C=O) groups excluding carboxylic acids is 1. The van der Waals surface area contributed by atoms with Crippen molar-refractivity contribution in [3.63, 3.8) is 0 Å². The quantitative estimate of drug-likeness (QED) is 0.635. The van der Waals surface area contributed by atoms with Crippen LogP contribution in [0, 0.1) is 6.92 Å². The Kier molecular flexibility index (Phi) is 4.53. The fourth-order valence-corrected chi connectivity index (χ4v) is 3.67. The lowest BCUT2D eigenvalue weighted by molar-refractivity contribution is -0.138. The second kappa shape index (κ2) is 7.36. The van der Waals surface area contributed by atoms with Crippen LogP contribution in [0.25, 0.3) is 5.65 Å². The summed E-state index contributed by atoms with van der Waals surface area (Å²) in [7, 11) is 0. The van der Waals surface area contributed by atoms with Crippen LogP contribution in [0.4, 0.5) is 5.82 Å². The molecule has 0 aliphatic carbocycles. The van der Waals surface area contributed by atoms with Crippen molar-refractivity contribution in [2.75, 3.05) is 37.9 Å². The van der Waals surface area contributed by atoms with E-state index in [4.69, 9.17) is 14.2 Å². The summed E-state index contributed by atoms with van der Waals surface area (Å²) in [5.74, 6) is 3.46. The predicted octanol–water partition coefficient (Wildman–Crippen LogP) is 1.28. The summed E-state index contributed by atoms with van der Waals surface area (Å²) < 4.78 is 18.2. The van der Waals surface area contributed by atoms with Crippen LogP contribution < -0.4 is 19.1 Å². The van der Waals surface area contributed by atoms with Gasteiger partial charge in [-0.05, 0) is 38.1 Å². The zero-order valence-electron chi connectivity index (χ0n) is 16.8. The lowest BCUT2D eigenvalue weighted by atomic mass is 10.2. The Morgan fingerprint density at radius 3 is 2.70 bits per heavy atom. The van der Waals surface area contributed by atoms with E-state index in [1.54, 1.807) is 29.6 Å². The molecule has 2 aliphatic heterocycles. The van der Waals surface area contributed by atoms with Gasteiger partial charge in [-0.2, -0.15) is 4.52 Å². The molecule has 0 spiro atoms. The zero-order valence-corrected chi connectivity index (χ0v) is 16.8. The number of hydrogen-bond acceptors (Lipinski definition) is 8. The number of amides is 1. The minimum absolute atomic E-state index is 0.0367. The van der Waals surface area contributed by atoms with Crippen LogP contribution in [0.3, 0.4) is 0 Å². The maximum atomic E-state index is 12.9. The van der Waals surface area contributed by atoms with Crippen LogP contribution in [0.2, 0.25) is 0 Å². The third-order valence-electron chi connectivity index (χ3n) is 5.32. The number of piperazine rings is 1. The van der Waals surface area contributed by atoms with E-state index in [1.165, 1.54) is 0 Å². The lowest BCUT2D eigenvalue weighted by Gasteiger charge is -2.36. The molecule has 30 heavy (non-hydrogen) atoms. The molecule has 2 aromatic heterocycles. The number of rotatable bonds is 4. The van der Waals surface area contributed by atoms with Gasteiger partial charge in [0.15, 0.2) is 29.1 Å². The van der Waals surface area contributed by atoms with Crippen molar-refractivity contribution in [3.05, 3.63) is 36.2 Å². The zero-order chi connectivity index (χ0) is 20.7. The SMILES string of the molecule is Cc1nnc2ccc(N3CCN(C(=O)[C@@H](C)Oc4ccc5c(c4)OCO5)CC3)nn12. The third-order valence-corrected chi connectivity index (χ3v) is 5.32. The Balaban J connectivity index is 1.20. The lowest BCUT2D eigenvalue weighted by Crippen LogP contribution is -2.52. The molecule has 1 atom stereocenters. The fourth-order valence-electron chi connectivity index (χ4n) is 3.67. The number of anilines is 1. The van der Waals surface area contributed by atoms with E-state index in [0.29, 0.717) is 43.4 Å². The summed E-state index contributed by atoms with van der Waals surface area (Å²) in [6.07, 6.45) is -0.592. The first-order chi connectivity index (χ1) is 14.6. The average Bonchev–Trinajstić information content (AvgIpc) is 3.39. The van der Waals surface area contributed by atoms with Crippen molar-refractivity contribution in [3.8, 4) is 17.2 Å². The van der Waals surface area contributed by atoms with Gasteiger partial charge in [0.25, 0.3) is 5.91 Å². The molecule has 0 unspecified atom stereocenters. The number of carbonyl (C=O) groups is 1. The number of benzene rings is 1. The summed E-state index contributed by atoms with van der Waals surface area (Å²) >= 11 is 0. The number of aryl methyl sites for hydroxylation is 1. The molecule has 10 heteroatoms. The highest BCUT2D eigenvalue weighted by molar-refractivity contribution is 5.81. The van der Waals surface area contributed by atoms with E-state index in [1.807, 2.05) is 24.0 Å². The minimum Gasteiger partial charge on any atom is -0.481 e. The Morgan fingerprint density at radius 1 is 1.07 bits per heavy atom. The molecular weight excluding hydrogens is 388 g/mol. The monoisotopic (exact) mass is 410 g/mol. The number of ether oxygens (including phenoxy) is 3. The highest BCUT2D eigenvalue weighted by Gasteiger charge is 2.27. The van der Waals surface area contributed by atoms with Crippen LogP contribution in [0.5, 0.6) is 17.2 Å². The molecule has 1 aromatic carbocycles. The Hall–Kier alpha value is -3.56. The van der Waals surface area contributed by atoms with Crippen LogP contribution in [0.15, 0.2) is 30.3 Å². The number of aromatic nitrogens is 4. The number of hydrogen-bond donors (Lipinski definition) is 0. The normalized spacial score (nSPS) is 16.7. The highest BCUT2D eigenvalue weighted by atomic mass is 16.7. The Bertz CT molecular complexity index is 1090. The third kappa shape index (κ3) is 3.34. The molecule has 0 radical (unpaired) electrons. The minimum atomic E-state index is -0.592. The maximum absolute atomic E-state index is 12.9. The predicted molar refractivity (Wildman–Crippen MR) is 107 cm³/mol. The maximum Gasteiger partial charge on any atom is 0.263 e. The highest BCUT2D eigenvalue weighted by Crippen LogP contribution is 2.35. The number of nitrogens with zero attached hydrogens (tertiary/aromatic N) is 6. The van der Waals surface area contributed by atoms with Crippen molar-refractivity contribution >= 4 is 17.4 Å². The molecule has 4 heterocycles. The molecule has 1 fully saturated rings. The fraction of sp³-hybridized carbons (Fsp3) is 0.400. The van der Waals surface area contributed by atoms with Crippen molar-refractivity contribution in [1.82, 2.24) is 24.7 Å². The molecule has 2 aliphatic rings. The molecule has 1 saturated heterocycles. The van der Waals surface area contributed by atoms with E-state index in [0.717, 1.165) is 17.3 Å². The van der Waals surface area contributed by atoms with Crippen LogP contribution >= 0.6 is 0 Å². The van der Waals surface area contributed by atoms with E-state index >= 15 is 0 Å². The summed E-state index contributed by atoms with van der Waals surface area (Å²) in [6, 6.07) is 9.16. The Morgan fingerprint density at radius 2 is 1.87 bits per heavy atom.